The Balaban J connectivity index is 1.61. The summed E-state index contributed by atoms with van der Waals surface area (Å²) in [5, 5.41) is 46.6. The fourth-order valence-electron chi connectivity index (χ4n) is 10.3. The number of carbonyl (C=O) groups excluding carboxylic acids is 8. The van der Waals surface area contributed by atoms with Crippen LogP contribution in [-0.2, 0) is 83.2 Å². The van der Waals surface area contributed by atoms with Gasteiger partial charge in [0.2, 0.25) is 0 Å². The van der Waals surface area contributed by atoms with Gasteiger partial charge in [-0.05, 0) is 85.5 Å². The second-order valence-electron chi connectivity index (χ2n) is 24.0. The summed E-state index contributed by atoms with van der Waals surface area (Å²) < 4.78 is 26.9. The van der Waals surface area contributed by atoms with Gasteiger partial charge in [-0.2, -0.15) is 31.2 Å². The van der Waals surface area contributed by atoms with Crippen molar-refractivity contribution < 1.29 is 57.3 Å². The molecule has 88 heavy (non-hydrogen) atoms. The first-order valence-corrected chi connectivity index (χ1v) is 29.3. The molecular formula is C64H80N12O12. The highest BCUT2D eigenvalue weighted by molar-refractivity contribution is 5.94. The van der Waals surface area contributed by atoms with Crippen molar-refractivity contribution in [3.8, 4) is 24.3 Å². The van der Waals surface area contributed by atoms with E-state index in [1.807, 2.05) is 52.0 Å². The zero-order valence-corrected chi connectivity index (χ0v) is 52.6. The Labute approximate surface area is 514 Å². The average Bonchev–Trinajstić information content (AvgIpc) is 3.90. The van der Waals surface area contributed by atoms with Gasteiger partial charge in [0.15, 0.2) is 35.8 Å². The zero-order valence-electron chi connectivity index (χ0n) is 52.6. The maximum Gasteiger partial charge on any atom is 0.329 e. The Kier molecular flexibility index (Phi) is 24.7. The number of aromatic nitrogens is 4. The molecule has 4 amide bonds. The van der Waals surface area contributed by atoms with E-state index in [2.05, 4.69) is 10.2 Å². The van der Waals surface area contributed by atoms with Gasteiger partial charge in [-0.15, -0.1) is 0 Å². The van der Waals surface area contributed by atoms with Crippen LogP contribution in [0.4, 0.5) is 0 Å². The largest absolute Gasteiger partial charge is 0.451 e. The van der Waals surface area contributed by atoms with Gasteiger partial charge in [0.1, 0.15) is 59.8 Å². The van der Waals surface area contributed by atoms with Crippen molar-refractivity contribution in [3.05, 3.63) is 106 Å². The van der Waals surface area contributed by atoms with Crippen molar-refractivity contribution in [1.29, 1.82) is 21.0 Å². The number of nitrogens with zero attached hydrogens (tertiary/aromatic N) is 12. The first-order valence-electron chi connectivity index (χ1n) is 29.3. The molecule has 8 atom stereocenters. The summed E-state index contributed by atoms with van der Waals surface area (Å²) in [6.07, 6.45) is -6.88. The summed E-state index contributed by atoms with van der Waals surface area (Å²) in [7, 11) is 5.35. The summed E-state index contributed by atoms with van der Waals surface area (Å²) in [6.45, 7) is 17.3. The lowest BCUT2D eigenvalue weighted by molar-refractivity contribution is -0.176. The van der Waals surface area contributed by atoms with E-state index in [0.29, 0.717) is 22.3 Å². The van der Waals surface area contributed by atoms with E-state index in [9.17, 15) is 49.8 Å². The van der Waals surface area contributed by atoms with Gasteiger partial charge in [0.05, 0.1) is 13.1 Å². The van der Waals surface area contributed by atoms with Gasteiger partial charge in [0.25, 0.3) is 23.6 Å². The van der Waals surface area contributed by atoms with Crippen molar-refractivity contribution in [3.63, 3.8) is 0 Å². The van der Waals surface area contributed by atoms with Crippen molar-refractivity contribution in [2.24, 2.45) is 23.7 Å². The molecule has 0 aliphatic carbocycles. The van der Waals surface area contributed by atoms with E-state index in [1.165, 1.54) is 63.5 Å². The number of esters is 4. The SMILES string of the molecule is CC(C)C[C@H]1C(=O)O[C@H](Cc2cccc(Cn3nc(C#N)cc3C#N)c2)C(=O)N(C)[C@@H](CC(C)C)C(=O)O[C@H](C)C(=O)N(C)[C@@H](CC(C)C)C(=O)O[C@H](Cc2ccc(Cn3nc(C#N)cc3C#N)cc2)C(=O)N(C)[C@@H](CC(C)C)C(=O)O[C@H](C)C(=O)N1C. The fourth-order valence-corrected chi connectivity index (χ4v) is 10.3. The monoisotopic (exact) mass is 1210 g/mol. The van der Waals surface area contributed by atoms with E-state index in [0.717, 1.165) is 19.6 Å². The highest BCUT2D eigenvalue weighted by atomic mass is 16.6. The van der Waals surface area contributed by atoms with Crippen LogP contribution in [0.25, 0.3) is 0 Å². The normalized spacial score (nSPS) is 21.8. The number of nitriles is 4. The van der Waals surface area contributed by atoms with Crippen LogP contribution in [0.5, 0.6) is 0 Å². The van der Waals surface area contributed by atoms with Gasteiger partial charge >= 0.3 is 23.9 Å². The Morgan fingerprint density at radius 2 is 0.739 bits per heavy atom. The summed E-state index contributed by atoms with van der Waals surface area (Å²) in [5.74, 6) is -8.30. The molecule has 1 aliphatic heterocycles. The second-order valence-corrected chi connectivity index (χ2v) is 24.0. The van der Waals surface area contributed by atoms with Crippen LogP contribution in [0, 0.1) is 69.0 Å². The van der Waals surface area contributed by atoms with Crippen LogP contribution < -0.4 is 0 Å². The number of hydrogen-bond acceptors (Lipinski definition) is 18. The molecule has 468 valence electrons. The molecule has 24 nitrogen and oxygen atoms in total. The van der Waals surface area contributed by atoms with E-state index in [1.54, 1.807) is 76.2 Å². The van der Waals surface area contributed by atoms with Gasteiger partial charge in [-0.3, -0.25) is 19.2 Å². The van der Waals surface area contributed by atoms with Gasteiger partial charge < -0.3 is 38.5 Å². The average molecular weight is 1210 g/mol. The van der Waals surface area contributed by atoms with Crippen molar-refractivity contribution in [2.75, 3.05) is 28.2 Å². The molecule has 0 bridgehead atoms. The summed E-state index contributed by atoms with van der Waals surface area (Å²) >= 11 is 0. The molecule has 0 N–H and O–H groups in total. The molecule has 0 saturated carbocycles. The number of benzene rings is 2. The summed E-state index contributed by atoms with van der Waals surface area (Å²) in [6, 6.07) is 18.7. The predicted octanol–water partition coefficient (Wildman–Crippen LogP) is 5.64. The number of likely N-dealkylation sites (N-methyl/N-ethyl adjacent to an activating group) is 4. The Morgan fingerprint density at radius 3 is 1.09 bits per heavy atom. The van der Waals surface area contributed by atoms with Crippen LogP contribution >= 0.6 is 0 Å². The van der Waals surface area contributed by atoms with Gasteiger partial charge in [-0.25, -0.2) is 28.5 Å². The molecular weight excluding hydrogens is 1130 g/mol. The van der Waals surface area contributed by atoms with E-state index < -0.39 is 96.1 Å². The topological polar surface area (TPSA) is 317 Å². The molecule has 24 heteroatoms. The number of cyclic esters (lactones) is 4. The minimum atomic E-state index is -1.66. The van der Waals surface area contributed by atoms with Crippen LogP contribution in [-0.4, -0.2) is 163 Å². The maximum atomic E-state index is 15.1. The number of hydrogen-bond donors (Lipinski definition) is 0. The Bertz CT molecular complexity index is 3340. The lowest BCUT2D eigenvalue weighted by Crippen LogP contribution is -2.55. The van der Waals surface area contributed by atoms with Gasteiger partial charge in [0, 0.05) is 53.2 Å². The van der Waals surface area contributed by atoms with E-state index in [-0.39, 0.29) is 98.1 Å². The minimum Gasteiger partial charge on any atom is -0.451 e. The Morgan fingerprint density at radius 1 is 0.420 bits per heavy atom. The van der Waals surface area contributed by atoms with Crippen molar-refractivity contribution in [1.82, 2.24) is 39.2 Å². The van der Waals surface area contributed by atoms with Crippen LogP contribution in [0.1, 0.15) is 140 Å². The predicted molar refractivity (Wildman–Crippen MR) is 317 cm³/mol. The zero-order chi connectivity index (χ0) is 65.4. The maximum absolute atomic E-state index is 15.1. The van der Waals surface area contributed by atoms with Crippen molar-refractivity contribution in [2.45, 2.75) is 169 Å². The molecule has 0 unspecified atom stereocenters. The van der Waals surface area contributed by atoms with Crippen molar-refractivity contribution >= 4 is 47.5 Å². The lowest BCUT2D eigenvalue weighted by atomic mass is 9.99. The van der Waals surface area contributed by atoms with Gasteiger partial charge in [-0.1, -0.05) is 104 Å². The molecule has 0 spiro atoms. The molecule has 1 saturated heterocycles. The molecule has 3 heterocycles. The number of carbonyl (C=O) groups is 8. The van der Waals surface area contributed by atoms with E-state index >= 15 is 9.59 Å². The molecule has 1 fully saturated rings. The summed E-state index contributed by atoms with van der Waals surface area (Å²) in [5.41, 5.74) is 2.62. The number of amides is 4. The van der Waals surface area contributed by atoms with E-state index in [4.69, 9.17) is 18.9 Å². The third-order valence-corrected chi connectivity index (χ3v) is 15.0. The lowest BCUT2D eigenvalue weighted by Gasteiger charge is -2.35. The Hall–Kier alpha value is -9.42. The molecule has 2 aromatic carbocycles. The quantitative estimate of drug-likeness (QED) is 0.0967. The van der Waals surface area contributed by atoms with Crippen LogP contribution in [0.3, 0.4) is 0 Å². The summed E-state index contributed by atoms with van der Waals surface area (Å²) in [4.78, 5) is 122. The molecule has 2 aromatic heterocycles. The second kappa shape index (κ2) is 31.3. The smallest absolute Gasteiger partial charge is 0.329 e. The van der Waals surface area contributed by atoms with Crippen LogP contribution in [0.2, 0.25) is 0 Å². The molecule has 5 rings (SSSR count). The third-order valence-electron chi connectivity index (χ3n) is 15.0. The first kappa shape index (κ1) is 69.4. The first-order chi connectivity index (χ1) is 41.5. The third kappa shape index (κ3) is 18.3. The number of ether oxygens (including phenoxy) is 4. The van der Waals surface area contributed by atoms with Crippen LogP contribution in [0.15, 0.2) is 60.7 Å². The molecule has 1 aliphatic rings. The fraction of sp³-hybridized carbons (Fsp3) is 0.531. The highest BCUT2D eigenvalue weighted by Crippen LogP contribution is 2.25. The highest BCUT2D eigenvalue weighted by Gasteiger charge is 2.43. The standard InChI is InChI=1S/C64H80N12O12/c1-37(2)22-51-61(81)85-42(10)58(78)72(12)54(25-40(7)8)64(84)88-56(28-45-16-15-17-46(26-45)36-76-50(34-68)30-48(32-66)70-76)60(80)74(14)52(23-38(3)4)62(82)86-41(9)57(77)71(11)53(24-39(5)6)63(83)87-55(59(79)73(51)13)27-43-18-20-44(21-19-43)35-75-49(33-67)29-47(31-65)69-75/h15-21,26,29-30,37-42,51-56H,22-25,27-28,35-36H2,1-14H3/t41-,42-,51+,52+,53+,54+,55-,56-/m1/s1. The number of rotatable bonds is 16. The molecule has 0 radical (unpaired) electrons. The minimum absolute atomic E-state index is 0.0101. The molecule has 4 aromatic rings.